The SMILES string of the molecule is CCCCCCCC=C1CC[C@H](O)[C@@H]1CCCCCC(=O)C(=O)OCCC. The van der Waals surface area contributed by atoms with Crippen molar-refractivity contribution in [2.24, 2.45) is 5.92 Å². The Balaban J connectivity index is 2.21. The molecule has 1 N–H and O–H groups in total. The van der Waals surface area contributed by atoms with Gasteiger partial charge in [0, 0.05) is 12.3 Å². The molecule has 0 amide bonds. The molecule has 1 rings (SSSR count). The van der Waals surface area contributed by atoms with E-state index in [4.69, 9.17) is 4.74 Å². The van der Waals surface area contributed by atoms with Crippen LogP contribution >= 0.6 is 0 Å². The van der Waals surface area contributed by atoms with Gasteiger partial charge in [-0.25, -0.2) is 4.79 Å². The van der Waals surface area contributed by atoms with Crippen LogP contribution in [0, 0.1) is 5.92 Å². The number of ether oxygens (including phenoxy) is 1. The van der Waals surface area contributed by atoms with Gasteiger partial charge in [0.1, 0.15) is 0 Å². The van der Waals surface area contributed by atoms with Crippen molar-refractivity contribution in [2.75, 3.05) is 6.61 Å². The molecule has 1 aliphatic carbocycles. The van der Waals surface area contributed by atoms with Gasteiger partial charge in [-0.1, -0.05) is 64.0 Å². The van der Waals surface area contributed by atoms with E-state index in [-0.39, 0.29) is 12.5 Å². The van der Waals surface area contributed by atoms with Gasteiger partial charge in [-0.2, -0.15) is 0 Å². The summed E-state index contributed by atoms with van der Waals surface area (Å²) in [6.45, 7) is 4.46. The third kappa shape index (κ3) is 10.1. The lowest BCUT2D eigenvalue weighted by Crippen LogP contribution is -2.17. The van der Waals surface area contributed by atoms with Gasteiger partial charge in [0.15, 0.2) is 0 Å². The minimum atomic E-state index is -0.688. The van der Waals surface area contributed by atoms with Crippen molar-refractivity contribution in [3.8, 4) is 0 Å². The van der Waals surface area contributed by atoms with E-state index >= 15 is 0 Å². The molecule has 0 unspecified atom stereocenters. The van der Waals surface area contributed by atoms with Crippen LogP contribution in [0.5, 0.6) is 0 Å². The first-order valence-corrected chi connectivity index (χ1v) is 11.2. The number of allylic oxidation sites excluding steroid dienone is 1. The van der Waals surface area contributed by atoms with Crippen LogP contribution in [-0.2, 0) is 14.3 Å². The summed E-state index contributed by atoms with van der Waals surface area (Å²) in [7, 11) is 0. The molecular formula is C23H40O4. The maximum atomic E-state index is 11.7. The fourth-order valence-electron chi connectivity index (χ4n) is 3.82. The highest BCUT2D eigenvalue weighted by molar-refractivity contribution is 6.33. The smallest absolute Gasteiger partial charge is 0.374 e. The van der Waals surface area contributed by atoms with Crippen molar-refractivity contribution in [3.63, 3.8) is 0 Å². The quantitative estimate of drug-likeness (QED) is 0.176. The highest BCUT2D eigenvalue weighted by Gasteiger charge is 2.28. The molecule has 0 heterocycles. The van der Waals surface area contributed by atoms with Gasteiger partial charge in [-0.3, -0.25) is 4.79 Å². The molecule has 27 heavy (non-hydrogen) atoms. The maximum Gasteiger partial charge on any atom is 0.374 e. The van der Waals surface area contributed by atoms with Gasteiger partial charge in [0.25, 0.3) is 0 Å². The number of aliphatic hydroxyl groups excluding tert-OH is 1. The number of rotatable bonds is 15. The number of unbranched alkanes of at least 4 members (excludes halogenated alkanes) is 7. The average Bonchev–Trinajstić information content (AvgIpc) is 3.01. The Morgan fingerprint density at radius 1 is 1.04 bits per heavy atom. The van der Waals surface area contributed by atoms with Crippen molar-refractivity contribution in [3.05, 3.63) is 11.6 Å². The summed E-state index contributed by atoms with van der Waals surface area (Å²) >= 11 is 0. The van der Waals surface area contributed by atoms with Crippen molar-refractivity contribution in [1.82, 2.24) is 0 Å². The Morgan fingerprint density at radius 2 is 1.78 bits per heavy atom. The number of aliphatic hydroxyl groups is 1. The number of ketones is 1. The molecule has 0 aliphatic heterocycles. The zero-order valence-electron chi connectivity index (χ0n) is 17.5. The van der Waals surface area contributed by atoms with E-state index in [0.29, 0.717) is 12.5 Å². The fraction of sp³-hybridized carbons (Fsp3) is 0.826. The summed E-state index contributed by atoms with van der Waals surface area (Å²) in [5.74, 6) is -0.800. The summed E-state index contributed by atoms with van der Waals surface area (Å²) in [5.41, 5.74) is 1.44. The Morgan fingerprint density at radius 3 is 2.52 bits per heavy atom. The van der Waals surface area contributed by atoms with Crippen molar-refractivity contribution in [2.45, 2.75) is 110 Å². The lowest BCUT2D eigenvalue weighted by Gasteiger charge is -2.16. The molecule has 4 heteroatoms. The topological polar surface area (TPSA) is 63.6 Å². The first-order valence-electron chi connectivity index (χ1n) is 11.2. The number of carbonyl (C=O) groups excluding carboxylic acids is 2. The van der Waals surface area contributed by atoms with Crippen LogP contribution in [0.3, 0.4) is 0 Å². The molecular weight excluding hydrogens is 340 g/mol. The first kappa shape index (κ1) is 23.9. The van der Waals surface area contributed by atoms with Gasteiger partial charge in [-0.15, -0.1) is 0 Å². The Labute approximate surface area is 165 Å². The summed E-state index contributed by atoms with van der Waals surface area (Å²) in [6.07, 6.45) is 16.3. The second-order valence-corrected chi connectivity index (χ2v) is 7.85. The molecule has 4 nitrogen and oxygen atoms in total. The number of hydrogen-bond donors (Lipinski definition) is 1. The minimum Gasteiger partial charge on any atom is -0.460 e. The van der Waals surface area contributed by atoms with Gasteiger partial charge in [0.05, 0.1) is 12.7 Å². The van der Waals surface area contributed by atoms with Crippen molar-refractivity contribution in [1.29, 1.82) is 0 Å². The first-order chi connectivity index (χ1) is 13.1. The Bertz CT molecular complexity index is 455. The highest BCUT2D eigenvalue weighted by Crippen LogP contribution is 2.35. The lowest BCUT2D eigenvalue weighted by molar-refractivity contribution is -0.153. The van der Waals surface area contributed by atoms with E-state index in [1.165, 1.54) is 37.7 Å². The molecule has 0 bridgehead atoms. The molecule has 0 spiro atoms. The third-order valence-electron chi connectivity index (χ3n) is 5.47. The number of esters is 1. The zero-order chi connectivity index (χ0) is 19.9. The lowest BCUT2D eigenvalue weighted by atomic mass is 9.92. The van der Waals surface area contributed by atoms with E-state index in [1.807, 2.05) is 6.92 Å². The molecule has 0 radical (unpaired) electrons. The van der Waals surface area contributed by atoms with Gasteiger partial charge in [0.2, 0.25) is 5.78 Å². The van der Waals surface area contributed by atoms with E-state index in [9.17, 15) is 14.7 Å². The van der Waals surface area contributed by atoms with E-state index in [0.717, 1.165) is 51.4 Å². The van der Waals surface area contributed by atoms with Crippen LogP contribution in [0.2, 0.25) is 0 Å². The molecule has 1 saturated carbocycles. The van der Waals surface area contributed by atoms with Crippen LogP contribution in [0.15, 0.2) is 11.6 Å². The second-order valence-electron chi connectivity index (χ2n) is 7.85. The molecule has 1 aliphatic rings. The van der Waals surface area contributed by atoms with Crippen molar-refractivity contribution >= 4 is 11.8 Å². The number of carbonyl (C=O) groups is 2. The fourth-order valence-corrected chi connectivity index (χ4v) is 3.82. The summed E-state index contributed by atoms with van der Waals surface area (Å²) in [5, 5.41) is 10.3. The monoisotopic (exact) mass is 380 g/mol. The maximum absolute atomic E-state index is 11.7. The molecule has 0 aromatic heterocycles. The molecule has 0 saturated heterocycles. The third-order valence-corrected chi connectivity index (χ3v) is 5.47. The molecule has 0 aromatic carbocycles. The van der Waals surface area contributed by atoms with Crippen molar-refractivity contribution < 1.29 is 19.4 Å². The predicted octanol–water partition coefficient (Wildman–Crippen LogP) is 5.52. The summed E-state index contributed by atoms with van der Waals surface area (Å²) in [6, 6.07) is 0. The normalized spacial score (nSPS) is 20.9. The van der Waals surface area contributed by atoms with Crippen LogP contribution in [-0.4, -0.2) is 29.6 Å². The van der Waals surface area contributed by atoms with Crippen LogP contribution in [0.25, 0.3) is 0 Å². The van der Waals surface area contributed by atoms with Gasteiger partial charge in [-0.05, 0) is 44.9 Å². The van der Waals surface area contributed by atoms with Crippen LogP contribution < -0.4 is 0 Å². The standard InChI is InChI=1S/C23H40O4/c1-3-5-6-7-8-10-13-19-16-17-21(24)20(19)14-11-9-12-15-22(25)23(26)27-18-4-2/h13,20-21,24H,3-12,14-18H2,1-2H3/t20-,21+/m1/s1. The number of hydrogen-bond acceptors (Lipinski definition) is 4. The summed E-state index contributed by atoms with van der Waals surface area (Å²) in [4.78, 5) is 23.1. The van der Waals surface area contributed by atoms with Gasteiger partial charge >= 0.3 is 5.97 Å². The van der Waals surface area contributed by atoms with Crippen LogP contribution in [0.1, 0.15) is 104 Å². The van der Waals surface area contributed by atoms with E-state index < -0.39 is 11.8 Å². The Kier molecular flexibility index (Phi) is 13.1. The van der Waals surface area contributed by atoms with Crippen LogP contribution in [0.4, 0.5) is 0 Å². The van der Waals surface area contributed by atoms with E-state index in [2.05, 4.69) is 13.0 Å². The minimum absolute atomic E-state index is 0.206. The highest BCUT2D eigenvalue weighted by atomic mass is 16.5. The summed E-state index contributed by atoms with van der Waals surface area (Å²) < 4.78 is 4.86. The predicted molar refractivity (Wildman–Crippen MR) is 110 cm³/mol. The zero-order valence-corrected chi connectivity index (χ0v) is 17.5. The second kappa shape index (κ2) is 14.8. The van der Waals surface area contributed by atoms with E-state index in [1.54, 1.807) is 0 Å². The molecule has 0 aromatic rings. The van der Waals surface area contributed by atoms with Gasteiger partial charge < -0.3 is 9.84 Å². The molecule has 1 fully saturated rings. The number of Topliss-reactive ketones (excluding diaryl/α,β-unsaturated/α-hetero) is 1. The largest absolute Gasteiger partial charge is 0.460 e. The Hall–Kier alpha value is -1.16. The molecule has 156 valence electrons. The average molecular weight is 381 g/mol. The molecule has 2 atom stereocenters.